The number of halogens is 2. The maximum absolute atomic E-state index is 13.0. The van der Waals surface area contributed by atoms with Crippen LogP contribution in [0, 0.1) is 0 Å². The zero-order chi connectivity index (χ0) is 21.3. The van der Waals surface area contributed by atoms with Crippen molar-refractivity contribution in [3.8, 4) is 11.3 Å². The van der Waals surface area contributed by atoms with Crippen LogP contribution in [-0.2, 0) is 10.0 Å². The highest BCUT2D eigenvalue weighted by Gasteiger charge is 2.34. The van der Waals surface area contributed by atoms with E-state index in [-0.39, 0.29) is 52.8 Å². The molecule has 0 saturated carbocycles. The van der Waals surface area contributed by atoms with Crippen molar-refractivity contribution >= 4 is 39.1 Å². The van der Waals surface area contributed by atoms with Gasteiger partial charge in [-0.15, -0.1) is 0 Å². The molecule has 30 heavy (non-hydrogen) atoms. The van der Waals surface area contributed by atoms with Gasteiger partial charge in [0.05, 0.1) is 10.0 Å². The number of amides is 1. The minimum atomic E-state index is -3.87. The summed E-state index contributed by atoms with van der Waals surface area (Å²) in [6.07, 6.45) is 0. The van der Waals surface area contributed by atoms with Gasteiger partial charge in [-0.05, 0) is 12.1 Å². The highest BCUT2D eigenvalue weighted by Crippen LogP contribution is 2.32. The topological polar surface area (TPSA) is 83.7 Å². The molecule has 0 bridgehead atoms. The first kappa shape index (κ1) is 20.9. The Kier molecular flexibility index (Phi) is 5.84. The summed E-state index contributed by atoms with van der Waals surface area (Å²) in [5.41, 5.74) is 1.40. The largest absolute Gasteiger partial charge is 0.350 e. The standard InChI is InChI=1S/C20H17Cl2N3O4S/c21-15-7-4-8-16(22)19(15)30(27,28)25-11-9-24(10-12-25)20(26)18-13-17(23-29-18)14-5-2-1-3-6-14/h1-8,13H,9-12H2. The van der Waals surface area contributed by atoms with Gasteiger partial charge >= 0.3 is 0 Å². The van der Waals surface area contributed by atoms with Gasteiger partial charge < -0.3 is 9.42 Å². The summed E-state index contributed by atoms with van der Waals surface area (Å²) in [6.45, 7) is 0.660. The molecule has 1 amide bonds. The van der Waals surface area contributed by atoms with E-state index in [1.54, 1.807) is 12.1 Å². The third kappa shape index (κ3) is 3.96. The Morgan fingerprint density at radius 2 is 1.57 bits per heavy atom. The monoisotopic (exact) mass is 465 g/mol. The van der Waals surface area contributed by atoms with Crippen LogP contribution in [0.3, 0.4) is 0 Å². The molecule has 7 nitrogen and oxygen atoms in total. The maximum Gasteiger partial charge on any atom is 0.292 e. The Bertz CT molecular complexity index is 1150. The third-order valence-corrected chi connectivity index (χ3v) is 7.69. The Morgan fingerprint density at radius 3 is 2.20 bits per heavy atom. The summed E-state index contributed by atoms with van der Waals surface area (Å²) in [7, 11) is -3.87. The first-order chi connectivity index (χ1) is 14.4. The lowest BCUT2D eigenvalue weighted by Crippen LogP contribution is -2.50. The van der Waals surface area contributed by atoms with Crippen molar-refractivity contribution in [3.05, 3.63) is 70.4 Å². The molecule has 0 aliphatic carbocycles. The quantitative estimate of drug-likeness (QED) is 0.584. The molecule has 1 aromatic heterocycles. The summed E-state index contributed by atoms with van der Waals surface area (Å²) >= 11 is 12.1. The van der Waals surface area contributed by atoms with Crippen LogP contribution in [0.4, 0.5) is 0 Å². The second kappa shape index (κ2) is 8.39. The molecule has 1 fully saturated rings. The molecule has 10 heteroatoms. The fourth-order valence-corrected chi connectivity index (χ4v) is 5.78. The van der Waals surface area contributed by atoms with Crippen LogP contribution in [0.25, 0.3) is 11.3 Å². The summed E-state index contributed by atoms with van der Waals surface area (Å²) in [6, 6.07) is 15.5. The number of piperazine rings is 1. The lowest BCUT2D eigenvalue weighted by molar-refractivity contribution is 0.0656. The molecular formula is C20H17Cl2N3O4S. The van der Waals surface area contributed by atoms with Crippen LogP contribution < -0.4 is 0 Å². The second-order valence-electron chi connectivity index (χ2n) is 6.69. The van der Waals surface area contributed by atoms with Gasteiger partial charge in [0.2, 0.25) is 15.8 Å². The second-order valence-corrected chi connectivity index (χ2v) is 9.38. The van der Waals surface area contributed by atoms with Gasteiger partial charge in [-0.3, -0.25) is 4.79 Å². The van der Waals surface area contributed by atoms with Crippen molar-refractivity contribution in [2.45, 2.75) is 4.90 Å². The number of sulfonamides is 1. The fourth-order valence-electron chi connectivity index (χ4n) is 3.27. The van der Waals surface area contributed by atoms with Crippen LogP contribution in [0.15, 0.2) is 64.0 Å². The average Bonchev–Trinajstić information content (AvgIpc) is 3.24. The molecule has 0 unspecified atom stereocenters. The Labute approximate surface area is 183 Å². The zero-order valence-electron chi connectivity index (χ0n) is 15.7. The molecule has 0 N–H and O–H groups in total. The summed E-state index contributed by atoms with van der Waals surface area (Å²) in [4.78, 5) is 14.2. The maximum atomic E-state index is 13.0. The minimum absolute atomic E-state index is 0.0658. The Hall–Kier alpha value is -2.39. The van der Waals surface area contributed by atoms with Crippen molar-refractivity contribution in [2.24, 2.45) is 0 Å². The smallest absolute Gasteiger partial charge is 0.292 e. The van der Waals surface area contributed by atoms with E-state index in [1.165, 1.54) is 21.3 Å². The number of hydrogen-bond acceptors (Lipinski definition) is 5. The van der Waals surface area contributed by atoms with Crippen molar-refractivity contribution < 1.29 is 17.7 Å². The average molecular weight is 466 g/mol. The molecule has 1 aliphatic heterocycles. The SMILES string of the molecule is O=C(c1cc(-c2ccccc2)no1)N1CCN(S(=O)(=O)c2c(Cl)cccc2Cl)CC1. The summed E-state index contributed by atoms with van der Waals surface area (Å²) in [5, 5.41) is 4.09. The molecule has 2 aromatic carbocycles. The van der Waals surface area contributed by atoms with Crippen LogP contribution in [0.2, 0.25) is 10.0 Å². The lowest BCUT2D eigenvalue weighted by atomic mass is 10.1. The summed E-state index contributed by atoms with van der Waals surface area (Å²) in [5.74, 6) is -0.225. The van der Waals surface area contributed by atoms with E-state index < -0.39 is 10.0 Å². The van der Waals surface area contributed by atoms with Crippen LogP contribution >= 0.6 is 23.2 Å². The van der Waals surface area contributed by atoms with E-state index in [2.05, 4.69) is 5.16 Å². The number of benzene rings is 2. The van der Waals surface area contributed by atoms with Gasteiger partial charge in [0.1, 0.15) is 10.6 Å². The van der Waals surface area contributed by atoms with Gasteiger partial charge in [0, 0.05) is 37.8 Å². The normalized spacial score (nSPS) is 15.3. The zero-order valence-corrected chi connectivity index (χ0v) is 18.0. The van der Waals surface area contributed by atoms with E-state index >= 15 is 0 Å². The molecule has 0 radical (unpaired) electrons. The van der Waals surface area contributed by atoms with E-state index in [0.717, 1.165) is 5.56 Å². The number of carbonyl (C=O) groups excluding carboxylic acids is 1. The first-order valence-electron chi connectivity index (χ1n) is 9.13. The van der Waals surface area contributed by atoms with Crippen LogP contribution in [0.1, 0.15) is 10.6 Å². The number of nitrogens with zero attached hydrogens (tertiary/aromatic N) is 3. The van der Waals surface area contributed by atoms with E-state index in [9.17, 15) is 13.2 Å². The fraction of sp³-hybridized carbons (Fsp3) is 0.200. The van der Waals surface area contributed by atoms with Crippen molar-refractivity contribution in [2.75, 3.05) is 26.2 Å². The number of carbonyl (C=O) groups is 1. The third-order valence-electron chi connectivity index (χ3n) is 4.83. The Balaban J connectivity index is 1.46. The van der Waals surface area contributed by atoms with E-state index in [4.69, 9.17) is 27.7 Å². The van der Waals surface area contributed by atoms with Gasteiger partial charge in [-0.25, -0.2) is 8.42 Å². The van der Waals surface area contributed by atoms with Gasteiger partial charge in [0.25, 0.3) is 5.91 Å². The highest BCUT2D eigenvalue weighted by atomic mass is 35.5. The predicted molar refractivity (Wildman–Crippen MR) is 113 cm³/mol. The van der Waals surface area contributed by atoms with Crippen LogP contribution in [-0.4, -0.2) is 54.9 Å². The molecule has 4 rings (SSSR count). The number of rotatable bonds is 4. The molecule has 0 spiro atoms. The molecule has 2 heterocycles. The molecule has 1 saturated heterocycles. The van der Waals surface area contributed by atoms with Gasteiger partial charge in [-0.2, -0.15) is 4.31 Å². The van der Waals surface area contributed by atoms with Crippen molar-refractivity contribution in [1.82, 2.24) is 14.4 Å². The van der Waals surface area contributed by atoms with Gasteiger partial charge in [-0.1, -0.05) is 64.8 Å². The van der Waals surface area contributed by atoms with Crippen LogP contribution in [0.5, 0.6) is 0 Å². The number of aromatic nitrogens is 1. The van der Waals surface area contributed by atoms with Crippen molar-refractivity contribution in [1.29, 1.82) is 0 Å². The summed E-state index contributed by atoms with van der Waals surface area (Å²) < 4.78 is 32.4. The highest BCUT2D eigenvalue weighted by molar-refractivity contribution is 7.89. The molecule has 1 aliphatic rings. The molecule has 0 atom stereocenters. The Morgan fingerprint density at radius 1 is 0.933 bits per heavy atom. The predicted octanol–water partition coefficient (Wildman–Crippen LogP) is 3.80. The minimum Gasteiger partial charge on any atom is -0.350 e. The lowest BCUT2D eigenvalue weighted by Gasteiger charge is -2.33. The van der Waals surface area contributed by atoms with E-state index in [0.29, 0.717) is 5.69 Å². The molecule has 3 aromatic rings. The van der Waals surface area contributed by atoms with Crippen molar-refractivity contribution in [3.63, 3.8) is 0 Å². The van der Waals surface area contributed by atoms with Gasteiger partial charge in [0.15, 0.2) is 0 Å². The molecular weight excluding hydrogens is 449 g/mol. The molecule has 156 valence electrons. The number of hydrogen-bond donors (Lipinski definition) is 0. The first-order valence-corrected chi connectivity index (χ1v) is 11.3. The van der Waals surface area contributed by atoms with E-state index in [1.807, 2.05) is 30.3 Å².